The Kier molecular flexibility index (Phi) is 548. The summed E-state index contributed by atoms with van der Waals surface area (Å²) in [7, 11) is 0. The zero-order chi connectivity index (χ0) is 0. The van der Waals surface area contributed by atoms with Crippen molar-refractivity contribution < 1.29 is 30.7 Å². The van der Waals surface area contributed by atoms with Crippen LogP contribution in [0.25, 0.3) is 0 Å². The Balaban J connectivity index is 0. The van der Waals surface area contributed by atoms with Gasteiger partial charge >= 0.3 is 0 Å². The fourth-order valence-electron chi connectivity index (χ4n) is 0. The summed E-state index contributed by atoms with van der Waals surface area (Å²) in [6.45, 7) is 0. The van der Waals surface area contributed by atoms with Gasteiger partial charge in [-0.05, 0) is 0 Å². The van der Waals surface area contributed by atoms with Gasteiger partial charge in [-0.15, -0.1) is 0 Å². The summed E-state index contributed by atoms with van der Waals surface area (Å²) in [4.78, 5) is 0. The van der Waals surface area contributed by atoms with Gasteiger partial charge in [0.25, 0.3) is 0 Å². The van der Waals surface area contributed by atoms with Crippen LogP contribution in [0.2, 0.25) is 0 Å². The molecule has 5 heteroatoms. The van der Waals surface area contributed by atoms with E-state index in [-0.39, 0.29) is 71.2 Å². The third-order valence-corrected chi connectivity index (χ3v) is 0. The Morgan fingerprint density at radius 1 is 1.00 bits per heavy atom. The third kappa shape index (κ3) is 25.3. The summed E-state index contributed by atoms with van der Waals surface area (Å²) in [5.74, 6) is 0. The number of rotatable bonds is 0. The molecule has 0 saturated heterocycles. The van der Waals surface area contributed by atoms with Gasteiger partial charge in [0.2, 0.25) is 0 Å². The van der Waals surface area contributed by atoms with E-state index in [4.69, 9.17) is 0 Å². The van der Waals surface area contributed by atoms with Crippen LogP contribution >= 0.6 is 0 Å². The topological polar surface area (TPSA) is 61.5 Å². The number of hydrogen-bond acceptors (Lipinski definition) is 1. The predicted octanol–water partition coefficient (Wildman–Crippen LogP) is -1.77. The van der Waals surface area contributed by atoms with E-state index < -0.39 is 0 Å². The largest absolute Gasteiger partial charge is 0.870 e. The molecule has 29 valence electrons. The van der Waals surface area contributed by atoms with Crippen molar-refractivity contribution in [3.05, 3.63) is 0 Å². The van der Waals surface area contributed by atoms with Gasteiger partial charge in [-0.1, -0.05) is 0 Å². The normalized spacial score (nSPS) is 0. The van der Waals surface area contributed by atoms with Crippen molar-refractivity contribution in [3.63, 3.8) is 0 Å². The molecule has 2 nitrogen and oxygen atoms in total. The second-order valence-corrected chi connectivity index (χ2v) is 0. The van der Waals surface area contributed by atoms with Gasteiger partial charge in [-0.25, -0.2) is 0 Å². The second kappa shape index (κ2) is 40.1. The van der Waals surface area contributed by atoms with Crippen molar-refractivity contribution in [2.24, 2.45) is 0 Å². The van der Waals surface area contributed by atoms with Crippen molar-refractivity contribution in [1.82, 2.24) is 0 Å². The van der Waals surface area contributed by atoms with Crippen LogP contribution in [0, 0.1) is 0 Å². The molecule has 0 unspecified atom stereocenters. The molecular weight excluding hydrogens is 274 g/mol. The first-order valence-corrected chi connectivity index (χ1v) is 0. The maximum atomic E-state index is 0. The zero-order valence-electron chi connectivity index (χ0n) is 2.59. The maximum Gasteiger partial charge on any atom is 0 e. The standard InChI is InChI=1S/Al.Mg.2H2O.Os/h;;2*1H2;/p-1. The maximum absolute atomic E-state index is 0. The summed E-state index contributed by atoms with van der Waals surface area (Å²) < 4.78 is 0. The van der Waals surface area contributed by atoms with Crippen LogP contribution in [-0.4, -0.2) is 51.4 Å². The van der Waals surface area contributed by atoms with E-state index >= 15 is 0 Å². The molecule has 5 radical (unpaired) electrons. The first kappa shape index (κ1) is 68.3. The Bertz CT molecular complexity index is 9.61. The van der Waals surface area contributed by atoms with Crippen molar-refractivity contribution in [1.29, 1.82) is 0 Å². The van der Waals surface area contributed by atoms with Gasteiger partial charge in [0, 0.05) is 60.2 Å². The summed E-state index contributed by atoms with van der Waals surface area (Å²) in [6, 6.07) is 0. The predicted molar refractivity (Wildman–Crippen MR) is 17.1 cm³/mol. The molecule has 0 spiro atoms. The molecule has 0 aromatic carbocycles. The molecule has 0 bridgehead atoms. The SMILES string of the molecule is O.[Al].[Mg].[OH-].[Os]. The van der Waals surface area contributed by atoms with E-state index in [9.17, 15) is 0 Å². The monoisotopic (exact) mass is 278 g/mol. The van der Waals surface area contributed by atoms with E-state index in [2.05, 4.69) is 0 Å². The molecule has 0 amide bonds. The average Bonchev–Trinajstić information content (AvgIpc) is 0. The molecule has 0 fully saturated rings. The number of hydrogen-bond donors (Lipinski definition) is 0. The molecule has 0 aromatic rings. The molecule has 0 heterocycles. The zero-order valence-corrected chi connectivity index (χ0v) is 7.69. The summed E-state index contributed by atoms with van der Waals surface area (Å²) in [5, 5.41) is 0. The van der Waals surface area contributed by atoms with E-state index in [1.807, 2.05) is 0 Å². The molecule has 0 saturated carbocycles. The Labute approximate surface area is 70.7 Å². The van der Waals surface area contributed by atoms with Crippen LogP contribution in [0.15, 0.2) is 0 Å². The van der Waals surface area contributed by atoms with Crippen molar-refractivity contribution in [2.75, 3.05) is 0 Å². The quantitative estimate of drug-likeness (QED) is 0.483. The molecule has 0 aliphatic heterocycles. The summed E-state index contributed by atoms with van der Waals surface area (Å²) >= 11 is 0. The third-order valence-electron chi connectivity index (χ3n) is 0. The van der Waals surface area contributed by atoms with E-state index in [0.717, 1.165) is 0 Å². The van der Waals surface area contributed by atoms with E-state index in [1.165, 1.54) is 0 Å². The van der Waals surface area contributed by atoms with Crippen LogP contribution < -0.4 is 0 Å². The second-order valence-electron chi connectivity index (χ2n) is 0. The van der Waals surface area contributed by atoms with Crippen LogP contribution in [0.5, 0.6) is 0 Å². The molecule has 0 rings (SSSR count). The fourth-order valence-corrected chi connectivity index (χ4v) is 0. The Morgan fingerprint density at radius 3 is 1.00 bits per heavy atom. The molecule has 0 aliphatic carbocycles. The minimum absolute atomic E-state index is 0. The molecule has 0 aromatic heterocycles. The first-order valence-electron chi connectivity index (χ1n) is 0. The molecule has 3 N–H and O–H groups in total. The molecule has 0 atom stereocenters. The van der Waals surface area contributed by atoms with Crippen molar-refractivity contribution in [2.45, 2.75) is 0 Å². The Hall–Kier alpha value is 1.86. The van der Waals surface area contributed by atoms with Gasteiger partial charge < -0.3 is 11.0 Å². The minimum Gasteiger partial charge on any atom is -0.870 e. The fraction of sp³-hybridized carbons (Fsp3) is 0. The van der Waals surface area contributed by atoms with Gasteiger partial charge in [0.05, 0.1) is 0 Å². The Morgan fingerprint density at radius 2 is 1.00 bits per heavy atom. The van der Waals surface area contributed by atoms with Crippen LogP contribution in [0.4, 0.5) is 0 Å². The molecule has 5 heavy (non-hydrogen) atoms. The summed E-state index contributed by atoms with van der Waals surface area (Å²) in [6.07, 6.45) is 0. The molecular formula is H3AlMgO2Os-. The first-order chi connectivity index (χ1) is 0. The van der Waals surface area contributed by atoms with Gasteiger partial charge in [0.1, 0.15) is 0 Å². The van der Waals surface area contributed by atoms with Gasteiger partial charge in [-0.3, -0.25) is 0 Å². The van der Waals surface area contributed by atoms with Crippen molar-refractivity contribution >= 4 is 40.4 Å². The molecule has 0 aliphatic rings. The van der Waals surface area contributed by atoms with Crippen LogP contribution in [-0.2, 0) is 19.8 Å². The van der Waals surface area contributed by atoms with E-state index in [0.29, 0.717) is 0 Å². The summed E-state index contributed by atoms with van der Waals surface area (Å²) in [5.41, 5.74) is 0. The van der Waals surface area contributed by atoms with Gasteiger partial charge in [-0.2, -0.15) is 0 Å². The van der Waals surface area contributed by atoms with Crippen molar-refractivity contribution in [3.8, 4) is 0 Å². The van der Waals surface area contributed by atoms with Crippen LogP contribution in [0.3, 0.4) is 0 Å². The average molecular weight is 277 g/mol. The van der Waals surface area contributed by atoms with Crippen LogP contribution in [0.1, 0.15) is 0 Å². The van der Waals surface area contributed by atoms with E-state index in [1.54, 1.807) is 0 Å². The minimum atomic E-state index is 0. The smallest absolute Gasteiger partial charge is 0 e. The van der Waals surface area contributed by atoms with Gasteiger partial charge in [0.15, 0.2) is 0 Å².